The minimum Gasteiger partial charge on any atom is -0.508 e. The third-order valence-corrected chi connectivity index (χ3v) is 12.9. The maximum Gasteiger partial charge on any atom is 0.246 e. The van der Waals surface area contributed by atoms with Crippen LogP contribution in [0.15, 0.2) is 121 Å². The molecule has 6 atom stereocenters. The SMILES string of the molecule is O=C1[C@@H]2C[C@@H]3C(=CC[C@@H]4C(=O)N(C5CCN(Cc6ccccc6)CC5)C(=O)[C@@H]43)[C@H](c3ccccc3O)[C@]2(c2ccccc2)C(=O)N1c1cccc(Cl)c1. The van der Waals surface area contributed by atoms with Crippen LogP contribution in [0.1, 0.15) is 48.3 Å². The van der Waals surface area contributed by atoms with Crippen molar-refractivity contribution in [3.05, 3.63) is 143 Å². The van der Waals surface area contributed by atoms with Gasteiger partial charge in [-0.15, -0.1) is 0 Å². The van der Waals surface area contributed by atoms with Crippen molar-refractivity contribution >= 4 is 40.9 Å². The number of hydrogen-bond acceptors (Lipinski definition) is 6. The monoisotopic (exact) mass is 725 g/mol. The van der Waals surface area contributed by atoms with Gasteiger partial charge in [-0.2, -0.15) is 0 Å². The normalized spacial score (nSPS) is 28.8. The highest BCUT2D eigenvalue weighted by atomic mass is 35.5. The van der Waals surface area contributed by atoms with Crippen LogP contribution >= 0.6 is 11.6 Å². The van der Waals surface area contributed by atoms with Crippen LogP contribution in [-0.2, 0) is 31.1 Å². The standard InChI is InChI=1S/C44H40ClN3O5/c45-29-14-9-15-31(24-29)48-41(51)36-25-35-32(39(33-16-7-8-17-37(33)49)44(36,43(48)53)28-12-5-2-6-13-28)18-19-34-38(35)42(52)47(40(34)50)30-20-22-46(23-21-30)26-27-10-3-1-4-11-27/h1-18,24,30,34-36,38-39,49H,19-23,25-26H2/t34-,35+,36-,38-,39+,44+/m0/s1. The van der Waals surface area contributed by atoms with E-state index in [-0.39, 0.29) is 35.9 Å². The van der Waals surface area contributed by atoms with E-state index in [1.807, 2.05) is 66.7 Å². The summed E-state index contributed by atoms with van der Waals surface area (Å²) >= 11 is 6.41. The quantitative estimate of drug-likeness (QED) is 0.172. The highest BCUT2D eigenvalue weighted by Crippen LogP contribution is 2.65. The number of allylic oxidation sites excluding steroid dienone is 2. The first-order chi connectivity index (χ1) is 25.8. The van der Waals surface area contributed by atoms with Crippen molar-refractivity contribution in [2.45, 2.75) is 49.6 Å². The largest absolute Gasteiger partial charge is 0.508 e. The molecule has 9 heteroatoms. The van der Waals surface area contributed by atoms with Crippen molar-refractivity contribution in [1.29, 1.82) is 0 Å². The van der Waals surface area contributed by atoms with Gasteiger partial charge in [0.1, 0.15) is 5.75 Å². The highest BCUT2D eigenvalue weighted by Gasteiger charge is 2.70. The Morgan fingerprint density at radius 2 is 1.45 bits per heavy atom. The summed E-state index contributed by atoms with van der Waals surface area (Å²) in [6, 6.07) is 33.2. The number of anilines is 1. The summed E-state index contributed by atoms with van der Waals surface area (Å²) < 4.78 is 0. The number of rotatable bonds is 6. The number of fused-ring (bicyclic) bond motifs is 4. The van der Waals surface area contributed by atoms with Crippen molar-refractivity contribution in [1.82, 2.24) is 9.80 Å². The summed E-state index contributed by atoms with van der Waals surface area (Å²) in [4.78, 5) is 64.4. The molecule has 268 valence electrons. The zero-order valence-corrected chi connectivity index (χ0v) is 29.9. The number of benzene rings is 4. The number of imide groups is 2. The fraction of sp³-hybridized carbons (Fsp3) is 0.318. The molecule has 0 aromatic heterocycles. The molecule has 1 N–H and O–H groups in total. The molecule has 8 nitrogen and oxygen atoms in total. The third kappa shape index (κ3) is 5.21. The number of nitrogens with zero attached hydrogens (tertiary/aromatic N) is 3. The van der Waals surface area contributed by atoms with Crippen molar-refractivity contribution in [3.8, 4) is 5.75 Å². The Bertz CT molecular complexity index is 2150. The van der Waals surface area contributed by atoms with Gasteiger partial charge in [0, 0.05) is 42.2 Å². The minimum absolute atomic E-state index is 0.00870. The first-order valence-corrected chi connectivity index (χ1v) is 19.0. The molecule has 0 bridgehead atoms. The Morgan fingerprint density at radius 3 is 2.17 bits per heavy atom. The lowest BCUT2D eigenvalue weighted by Gasteiger charge is -2.50. The topological polar surface area (TPSA) is 98.2 Å². The molecule has 0 radical (unpaired) electrons. The second-order valence-corrected chi connectivity index (χ2v) is 15.6. The van der Waals surface area contributed by atoms with E-state index in [1.165, 1.54) is 10.5 Å². The Morgan fingerprint density at radius 1 is 0.755 bits per heavy atom. The van der Waals surface area contributed by atoms with Crippen LogP contribution in [0.4, 0.5) is 5.69 Å². The van der Waals surface area contributed by atoms with Gasteiger partial charge in [-0.05, 0) is 67.0 Å². The number of halogens is 1. The predicted molar refractivity (Wildman–Crippen MR) is 201 cm³/mol. The molecule has 5 aliphatic rings. The van der Waals surface area contributed by atoms with Crippen molar-refractivity contribution < 1.29 is 24.3 Å². The maximum atomic E-state index is 15.3. The van der Waals surface area contributed by atoms with E-state index in [9.17, 15) is 19.5 Å². The van der Waals surface area contributed by atoms with Gasteiger partial charge in [0.15, 0.2) is 0 Å². The van der Waals surface area contributed by atoms with E-state index >= 15 is 4.79 Å². The van der Waals surface area contributed by atoms with Crippen LogP contribution in [0.5, 0.6) is 5.75 Å². The van der Waals surface area contributed by atoms with Gasteiger partial charge in [0.05, 0.1) is 28.9 Å². The molecule has 3 heterocycles. The lowest BCUT2D eigenvalue weighted by atomic mass is 9.49. The molecule has 53 heavy (non-hydrogen) atoms. The van der Waals surface area contributed by atoms with E-state index in [2.05, 4.69) is 17.0 Å². The summed E-state index contributed by atoms with van der Waals surface area (Å²) in [5.74, 6) is -4.39. The van der Waals surface area contributed by atoms with E-state index in [4.69, 9.17) is 11.6 Å². The van der Waals surface area contributed by atoms with Crippen LogP contribution in [0, 0.1) is 23.7 Å². The number of hydrogen-bond donors (Lipinski definition) is 1. The smallest absolute Gasteiger partial charge is 0.246 e. The lowest BCUT2D eigenvalue weighted by molar-refractivity contribution is -0.144. The van der Waals surface area contributed by atoms with Crippen LogP contribution in [0.2, 0.25) is 5.02 Å². The maximum absolute atomic E-state index is 15.3. The second kappa shape index (κ2) is 13.1. The first-order valence-electron chi connectivity index (χ1n) is 18.6. The molecule has 9 rings (SSSR count). The molecule has 4 amide bonds. The van der Waals surface area contributed by atoms with Crippen LogP contribution in [-0.4, -0.2) is 57.7 Å². The summed E-state index contributed by atoms with van der Waals surface area (Å²) in [6.07, 6.45) is 4.02. The average Bonchev–Trinajstić information content (AvgIpc) is 3.57. The number of amides is 4. The summed E-state index contributed by atoms with van der Waals surface area (Å²) in [6.45, 7) is 2.39. The van der Waals surface area contributed by atoms with Crippen molar-refractivity contribution in [2.75, 3.05) is 18.0 Å². The number of piperidine rings is 1. The molecule has 4 aromatic rings. The second-order valence-electron chi connectivity index (χ2n) is 15.2. The predicted octanol–water partition coefficient (Wildman–Crippen LogP) is 6.87. The van der Waals surface area contributed by atoms with Gasteiger partial charge >= 0.3 is 0 Å². The van der Waals surface area contributed by atoms with Crippen LogP contribution < -0.4 is 4.90 Å². The Labute approximate surface area is 313 Å². The molecule has 3 aliphatic heterocycles. The zero-order valence-electron chi connectivity index (χ0n) is 29.2. The number of phenolic OH excluding ortho intramolecular Hbond substituents is 1. The number of phenols is 1. The fourth-order valence-corrected chi connectivity index (χ4v) is 10.6. The Balaban J connectivity index is 1.12. The Kier molecular flexibility index (Phi) is 8.35. The van der Waals surface area contributed by atoms with Gasteiger partial charge < -0.3 is 5.11 Å². The molecule has 1 saturated carbocycles. The van der Waals surface area contributed by atoms with Crippen LogP contribution in [0.25, 0.3) is 0 Å². The molecular weight excluding hydrogens is 686 g/mol. The van der Waals surface area contributed by atoms with Gasteiger partial charge in [0.25, 0.3) is 0 Å². The first kappa shape index (κ1) is 33.8. The van der Waals surface area contributed by atoms with E-state index in [0.717, 1.165) is 25.2 Å². The highest BCUT2D eigenvalue weighted by molar-refractivity contribution is 6.32. The molecule has 0 unspecified atom stereocenters. The molecule has 2 aliphatic carbocycles. The van der Waals surface area contributed by atoms with Gasteiger partial charge in [-0.3, -0.25) is 29.0 Å². The van der Waals surface area contributed by atoms with Gasteiger partial charge in [-0.1, -0.05) is 108 Å². The molecule has 4 aromatic carbocycles. The van der Waals surface area contributed by atoms with E-state index in [1.54, 1.807) is 41.3 Å². The molecule has 4 fully saturated rings. The molecular formula is C44H40ClN3O5. The summed E-state index contributed by atoms with van der Waals surface area (Å²) in [7, 11) is 0. The number of para-hydroxylation sites is 1. The zero-order chi connectivity index (χ0) is 36.4. The molecule has 3 saturated heterocycles. The third-order valence-electron chi connectivity index (χ3n) is 12.6. The fourth-order valence-electron chi connectivity index (χ4n) is 10.4. The number of aromatic hydroxyl groups is 1. The minimum atomic E-state index is -1.43. The van der Waals surface area contributed by atoms with E-state index < -0.39 is 40.9 Å². The molecule has 0 spiro atoms. The number of carbonyl (C=O) groups excluding carboxylic acids is 4. The van der Waals surface area contributed by atoms with Crippen LogP contribution in [0.3, 0.4) is 0 Å². The average molecular weight is 726 g/mol. The van der Waals surface area contributed by atoms with Gasteiger partial charge in [0.2, 0.25) is 23.6 Å². The number of likely N-dealkylation sites (tertiary alicyclic amines) is 2. The summed E-state index contributed by atoms with van der Waals surface area (Å²) in [5.41, 5.74) is 2.21. The Hall–Kier alpha value is -5.05. The number of carbonyl (C=O) groups is 4. The van der Waals surface area contributed by atoms with Gasteiger partial charge in [-0.25, -0.2) is 4.90 Å². The summed E-state index contributed by atoms with van der Waals surface area (Å²) in [5, 5.41) is 11.9. The van der Waals surface area contributed by atoms with Crippen molar-refractivity contribution in [2.24, 2.45) is 23.7 Å². The van der Waals surface area contributed by atoms with E-state index in [0.29, 0.717) is 41.1 Å². The lowest BCUT2D eigenvalue weighted by Crippen LogP contribution is -2.53. The van der Waals surface area contributed by atoms with Crippen molar-refractivity contribution in [3.63, 3.8) is 0 Å².